The van der Waals surface area contributed by atoms with Gasteiger partial charge >= 0.3 is 0 Å². The van der Waals surface area contributed by atoms with Gasteiger partial charge in [0.1, 0.15) is 16.5 Å². The van der Waals surface area contributed by atoms with Crippen molar-refractivity contribution in [3.63, 3.8) is 0 Å². The van der Waals surface area contributed by atoms with Crippen molar-refractivity contribution in [1.29, 1.82) is 0 Å². The van der Waals surface area contributed by atoms with Crippen molar-refractivity contribution in [3.8, 4) is 0 Å². The summed E-state index contributed by atoms with van der Waals surface area (Å²) in [5.74, 6) is -1.72. The van der Waals surface area contributed by atoms with Crippen molar-refractivity contribution in [2.24, 2.45) is 0 Å². The fourth-order valence-electron chi connectivity index (χ4n) is 1.36. The standard InChI is InChI=1S/C11H14F2INO2S/c12-9-4-5-10(13)11(8-9)18(16,17)15-7-3-1-2-6-14/h4-5,8,15H,1-3,6-7H2. The van der Waals surface area contributed by atoms with Crippen LogP contribution in [0.2, 0.25) is 0 Å². The van der Waals surface area contributed by atoms with Gasteiger partial charge in [0.05, 0.1) is 0 Å². The first kappa shape index (κ1) is 15.8. The van der Waals surface area contributed by atoms with Crippen molar-refractivity contribution in [1.82, 2.24) is 4.72 Å². The first-order chi connectivity index (χ1) is 8.47. The van der Waals surface area contributed by atoms with Crippen LogP contribution in [0.5, 0.6) is 0 Å². The normalized spacial score (nSPS) is 11.7. The third-order valence-corrected chi connectivity index (χ3v) is 4.52. The third-order valence-electron chi connectivity index (χ3n) is 2.29. The van der Waals surface area contributed by atoms with E-state index in [1.807, 2.05) is 0 Å². The minimum atomic E-state index is -3.97. The lowest BCUT2D eigenvalue weighted by Crippen LogP contribution is -2.25. The van der Waals surface area contributed by atoms with Crippen LogP contribution >= 0.6 is 22.6 Å². The summed E-state index contributed by atoms with van der Waals surface area (Å²) in [6, 6.07) is 2.37. The summed E-state index contributed by atoms with van der Waals surface area (Å²) in [5.41, 5.74) is 0. The number of alkyl halides is 1. The van der Waals surface area contributed by atoms with Crippen molar-refractivity contribution < 1.29 is 17.2 Å². The molecule has 3 nitrogen and oxygen atoms in total. The van der Waals surface area contributed by atoms with Gasteiger partial charge in [-0.2, -0.15) is 0 Å². The largest absolute Gasteiger partial charge is 0.243 e. The van der Waals surface area contributed by atoms with E-state index in [-0.39, 0.29) is 6.54 Å². The Labute approximate surface area is 119 Å². The van der Waals surface area contributed by atoms with Crippen LogP contribution in [0.1, 0.15) is 19.3 Å². The fourth-order valence-corrected chi connectivity index (χ4v) is 3.06. The molecule has 1 aromatic rings. The van der Waals surface area contributed by atoms with E-state index >= 15 is 0 Å². The molecule has 0 aliphatic heterocycles. The summed E-state index contributed by atoms with van der Waals surface area (Å²) in [7, 11) is -3.97. The molecule has 0 aliphatic carbocycles. The van der Waals surface area contributed by atoms with Crippen LogP contribution in [0.25, 0.3) is 0 Å². The Hall–Kier alpha value is -0.280. The van der Waals surface area contributed by atoms with Gasteiger partial charge in [0.15, 0.2) is 0 Å². The van der Waals surface area contributed by atoms with Crippen molar-refractivity contribution in [2.45, 2.75) is 24.2 Å². The molecule has 7 heteroatoms. The van der Waals surface area contributed by atoms with Crippen LogP contribution in [0.15, 0.2) is 23.1 Å². The first-order valence-electron chi connectivity index (χ1n) is 5.48. The average Bonchev–Trinajstić information content (AvgIpc) is 2.32. The molecule has 18 heavy (non-hydrogen) atoms. The van der Waals surface area contributed by atoms with Gasteiger partial charge < -0.3 is 0 Å². The quantitative estimate of drug-likeness (QED) is 0.443. The Morgan fingerprint density at radius 1 is 1.17 bits per heavy atom. The van der Waals surface area contributed by atoms with E-state index < -0.39 is 26.6 Å². The second-order valence-electron chi connectivity index (χ2n) is 3.72. The highest BCUT2D eigenvalue weighted by Crippen LogP contribution is 2.15. The lowest BCUT2D eigenvalue weighted by atomic mass is 10.3. The number of unbranched alkanes of at least 4 members (excludes halogenated alkanes) is 2. The molecule has 0 saturated carbocycles. The number of nitrogens with one attached hydrogen (secondary N) is 1. The van der Waals surface area contributed by atoms with E-state index in [0.29, 0.717) is 12.5 Å². The maximum absolute atomic E-state index is 13.3. The lowest BCUT2D eigenvalue weighted by Gasteiger charge is -2.07. The smallest absolute Gasteiger partial charge is 0.211 e. The highest BCUT2D eigenvalue weighted by molar-refractivity contribution is 14.1. The molecule has 1 rings (SSSR count). The SMILES string of the molecule is O=S(=O)(NCCCCCI)c1cc(F)ccc1F. The van der Waals surface area contributed by atoms with Crippen molar-refractivity contribution >= 4 is 32.6 Å². The minimum Gasteiger partial charge on any atom is -0.211 e. The lowest BCUT2D eigenvalue weighted by molar-refractivity contribution is 0.543. The summed E-state index contributed by atoms with van der Waals surface area (Å²) in [6.45, 7) is 0.231. The molecule has 0 unspecified atom stereocenters. The molecule has 0 aliphatic rings. The molecule has 0 fully saturated rings. The number of hydrogen-bond donors (Lipinski definition) is 1. The molecule has 0 bridgehead atoms. The molecule has 1 N–H and O–H groups in total. The number of rotatable bonds is 7. The molecule has 0 saturated heterocycles. The zero-order valence-corrected chi connectivity index (χ0v) is 12.6. The molecule has 0 aromatic heterocycles. The van der Waals surface area contributed by atoms with Gasteiger partial charge in [-0.15, -0.1) is 0 Å². The number of benzene rings is 1. The van der Waals surface area contributed by atoms with Crippen LogP contribution in [0.4, 0.5) is 8.78 Å². The van der Waals surface area contributed by atoms with Gasteiger partial charge in [0.2, 0.25) is 10.0 Å². The van der Waals surface area contributed by atoms with E-state index in [4.69, 9.17) is 0 Å². The molecule has 0 radical (unpaired) electrons. The topological polar surface area (TPSA) is 46.2 Å². The molecule has 0 spiro atoms. The van der Waals surface area contributed by atoms with Crippen molar-refractivity contribution in [3.05, 3.63) is 29.8 Å². The Morgan fingerprint density at radius 2 is 1.89 bits per heavy atom. The highest BCUT2D eigenvalue weighted by atomic mass is 127. The summed E-state index contributed by atoms with van der Waals surface area (Å²) < 4.78 is 52.9. The zero-order chi connectivity index (χ0) is 13.6. The van der Waals surface area contributed by atoms with Gasteiger partial charge in [0.25, 0.3) is 0 Å². The van der Waals surface area contributed by atoms with Crippen LogP contribution < -0.4 is 4.72 Å². The maximum Gasteiger partial charge on any atom is 0.243 e. The second-order valence-corrected chi connectivity index (χ2v) is 6.54. The number of halogens is 3. The highest BCUT2D eigenvalue weighted by Gasteiger charge is 2.19. The monoisotopic (exact) mass is 389 g/mol. The van der Waals surface area contributed by atoms with E-state index in [2.05, 4.69) is 27.3 Å². The summed E-state index contributed by atoms with van der Waals surface area (Å²) >= 11 is 2.24. The van der Waals surface area contributed by atoms with Crippen molar-refractivity contribution in [2.75, 3.05) is 11.0 Å². The molecular weight excluding hydrogens is 375 g/mol. The summed E-state index contributed by atoms with van der Waals surface area (Å²) in [5, 5.41) is 0. The first-order valence-corrected chi connectivity index (χ1v) is 8.49. The van der Waals surface area contributed by atoms with E-state index in [1.165, 1.54) is 0 Å². The predicted molar refractivity (Wildman–Crippen MR) is 74.3 cm³/mol. The van der Waals surface area contributed by atoms with Crippen LogP contribution in [0, 0.1) is 11.6 Å². The fraction of sp³-hybridized carbons (Fsp3) is 0.455. The molecular formula is C11H14F2INO2S. The van der Waals surface area contributed by atoms with Gasteiger partial charge in [0, 0.05) is 6.54 Å². The number of sulfonamides is 1. The van der Waals surface area contributed by atoms with E-state index in [9.17, 15) is 17.2 Å². The number of hydrogen-bond acceptors (Lipinski definition) is 2. The zero-order valence-electron chi connectivity index (χ0n) is 9.63. The third kappa shape index (κ3) is 4.77. The predicted octanol–water partition coefficient (Wildman–Crippen LogP) is 2.85. The Kier molecular flexibility index (Phi) is 6.44. The van der Waals surface area contributed by atoms with Crippen LogP contribution in [-0.4, -0.2) is 19.4 Å². The Balaban J connectivity index is 2.66. The van der Waals surface area contributed by atoms with Crippen LogP contribution in [0.3, 0.4) is 0 Å². The van der Waals surface area contributed by atoms with Gasteiger partial charge in [-0.1, -0.05) is 29.0 Å². The van der Waals surface area contributed by atoms with Gasteiger partial charge in [-0.3, -0.25) is 0 Å². The Morgan fingerprint density at radius 3 is 2.56 bits per heavy atom. The summed E-state index contributed by atoms with van der Waals surface area (Å²) in [4.78, 5) is -0.642. The molecule has 102 valence electrons. The van der Waals surface area contributed by atoms with Gasteiger partial charge in [-0.05, 0) is 35.5 Å². The Bertz CT molecular complexity index is 494. The molecule has 0 atom stereocenters. The van der Waals surface area contributed by atoms with Gasteiger partial charge in [-0.25, -0.2) is 21.9 Å². The average molecular weight is 389 g/mol. The molecule has 1 aromatic carbocycles. The van der Waals surface area contributed by atoms with E-state index in [1.54, 1.807) is 0 Å². The summed E-state index contributed by atoms with van der Waals surface area (Å²) in [6.07, 6.45) is 2.59. The molecule has 0 amide bonds. The van der Waals surface area contributed by atoms with E-state index in [0.717, 1.165) is 29.4 Å². The minimum absolute atomic E-state index is 0.231. The molecule has 0 heterocycles. The second kappa shape index (κ2) is 7.34. The van der Waals surface area contributed by atoms with Crippen LogP contribution in [-0.2, 0) is 10.0 Å². The maximum atomic E-state index is 13.3.